The molecule has 0 spiro atoms. The predicted octanol–water partition coefficient (Wildman–Crippen LogP) is 3.18. The number of carbonyl (C=O) groups is 1. The van der Waals surface area contributed by atoms with Crippen LogP contribution in [0.1, 0.15) is 60.3 Å². The Morgan fingerprint density at radius 1 is 1.25 bits per heavy atom. The molecule has 0 aliphatic heterocycles. The van der Waals surface area contributed by atoms with Crippen LogP contribution in [0.25, 0.3) is 0 Å². The summed E-state index contributed by atoms with van der Waals surface area (Å²) in [5.74, 6) is 1.03. The molecule has 16 heavy (non-hydrogen) atoms. The van der Waals surface area contributed by atoms with Crippen LogP contribution < -0.4 is 0 Å². The number of Topliss-reactive ketones (excluding diaryl/α,β-unsaturated/α-hetero) is 1. The average molecular weight is 226 g/mol. The first kappa shape index (κ1) is 13.7. The Hall–Kier alpha value is -0.370. The number of carbonyl (C=O) groups excluding carboxylic acids is 1. The number of hydrogen-bond donors (Lipinski definition) is 1. The topological polar surface area (TPSA) is 37.3 Å². The molecule has 1 N–H and O–H groups in total. The van der Waals surface area contributed by atoms with E-state index in [1.807, 2.05) is 0 Å². The number of aliphatic hydroxyl groups is 1. The number of rotatable bonds is 2. The van der Waals surface area contributed by atoms with Crippen molar-refractivity contribution in [2.45, 2.75) is 65.9 Å². The zero-order chi connectivity index (χ0) is 12.6. The fourth-order valence-corrected chi connectivity index (χ4v) is 2.70. The monoisotopic (exact) mass is 226 g/mol. The summed E-state index contributed by atoms with van der Waals surface area (Å²) in [5, 5.41) is 9.82. The molecule has 0 heterocycles. The van der Waals surface area contributed by atoms with Crippen molar-refractivity contribution in [2.75, 3.05) is 0 Å². The molecule has 2 atom stereocenters. The largest absolute Gasteiger partial charge is 0.390 e. The van der Waals surface area contributed by atoms with Crippen LogP contribution in [-0.4, -0.2) is 16.5 Å². The molecule has 0 aromatic heterocycles. The summed E-state index contributed by atoms with van der Waals surface area (Å²) < 4.78 is 0. The highest BCUT2D eigenvalue weighted by molar-refractivity contribution is 5.81. The van der Waals surface area contributed by atoms with Crippen LogP contribution in [0.2, 0.25) is 0 Å². The van der Waals surface area contributed by atoms with Gasteiger partial charge in [-0.05, 0) is 44.4 Å². The Bertz CT molecular complexity index is 255. The lowest BCUT2D eigenvalue weighted by molar-refractivity contribution is -0.129. The van der Waals surface area contributed by atoms with Gasteiger partial charge in [-0.3, -0.25) is 4.79 Å². The molecule has 0 saturated heterocycles. The van der Waals surface area contributed by atoms with Crippen molar-refractivity contribution in [3.63, 3.8) is 0 Å². The van der Waals surface area contributed by atoms with Crippen molar-refractivity contribution >= 4 is 5.78 Å². The van der Waals surface area contributed by atoms with Gasteiger partial charge >= 0.3 is 0 Å². The zero-order valence-corrected chi connectivity index (χ0v) is 11.3. The van der Waals surface area contributed by atoms with Gasteiger partial charge in [0.1, 0.15) is 5.78 Å². The molecule has 1 rings (SSSR count). The van der Waals surface area contributed by atoms with Crippen LogP contribution in [0.4, 0.5) is 0 Å². The molecule has 1 saturated carbocycles. The third-order valence-corrected chi connectivity index (χ3v) is 3.73. The van der Waals surface area contributed by atoms with Crippen LogP contribution in [0.3, 0.4) is 0 Å². The summed E-state index contributed by atoms with van der Waals surface area (Å²) in [4.78, 5) is 11.8. The Morgan fingerprint density at radius 2 is 1.81 bits per heavy atom. The maximum atomic E-state index is 11.8. The minimum absolute atomic E-state index is 0.0676. The van der Waals surface area contributed by atoms with Crippen LogP contribution in [0.5, 0.6) is 0 Å². The molecule has 0 aromatic carbocycles. The average Bonchev–Trinajstić information content (AvgIpc) is 2.04. The van der Waals surface area contributed by atoms with Crippen LogP contribution >= 0.6 is 0 Å². The van der Waals surface area contributed by atoms with Gasteiger partial charge in [-0.2, -0.15) is 0 Å². The minimum atomic E-state index is -0.722. The van der Waals surface area contributed by atoms with E-state index in [9.17, 15) is 9.90 Å². The number of ketones is 1. The summed E-state index contributed by atoms with van der Waals surface area (Å²) in [6.45, 7) is 10.3. The van der Waals surface area contributed by atoms with Crippen molar-refractivity contribution in [3.8, 4) is 0 Å². The van der Waals surface area contributed by atoms with Gasteiger partial charge in [0, 0.05) is 12.3 Å². The maximum absolute atomic E-state index is 11.8. The van der Waals surface area contributed by atoms with E-state index in [1.54, 1.807) is 13.8 Å². The third-order valence-electron chi connectivity index (χ3n) is 3.73. The van der Waals surface area contributed by atoms with Gasteiger partial charge in [0.05, 0.1) is 5.60 Å². The molecule has 0 radical (unpaired) electrons. The molecule has 1 aliphatic rings. The Balaban J connectivity index is 2.66. The summed E-state index contributed by atoms with van der Waals surface area (Å²) in [5.41, 5.74) is -0.446. The molecule has 2 unspecified atom stereocenters. The van der Waals surface area contributed by atoms with Gasteiger partial charge in [-0.25, -0.2) is 0 Å². The highest BCUT2D eigenvalue weighted by Crippen LogP contribution is 2.40. The van der Waals surface area contributed by atoms with Crippen molar-refractivity contribution in [2.24, 2.45) is 17.3 Å². The molecule has 2 heteroatoms. The van der Waals surface area contributed by atoms with E-state index >= 15 is 0 Å². The first-order valence-corrected chi connectivity index (χ1v) is 6.35. The van der Waals surface area contributed by atoms with Crippen LogP contribution in [0.15, 0.2) is 0 Å². The molecule has 0 amide bonds. The van der Waals surface area contributed by atoms with Gasteiger partial charge in [-0.1, -0.05) is 20.8 Å². The Kier molecular flexibility index (Phi) is 3.83. The summed E-state index contributed by atoms with van der Waals surface area (Å²) in [6, 6.07) is 0. The highest BCUT2D eigenvalue weighted by Gasteiger charge is 2.36. The quantitative estimate of drug-likeness (QED) is 0.785. The fraction of sp³-hybridized carbons (Fsp3) is 0.929. The molecule has 1 aliphatic carbocycles. The van der Waals surface area contributed by atoms with Crippen LogP contribution in [-0.2, 0) is 4.79 Å². The van der Waals surface area contributed by atoms with Crippen LogP contribution in [0, 0.1) is 17.3 Å². The van der Waals surface area contributed by atoms with Gasteiger partial charge in [0.2, 0.25) is 0 Å². The first-order chi connectivity index (χ1) is 7.09. The fourth-order valence-electron chi connectivity index (χ4n) is 2.70. The van der Waals surface area contributed by atoms with E-state index in [2.05, 4.69) is 20.8 Å². The SMILES string of the molecule is CC(C)(O)CC1CC(C(C)(C)C)CCC1=O. The zero-order valence-electron chi connectivity index (χ0n) is 11.3. The number of hydrogen-bond acceptors (Lipinski definition) is 2. The molecule has 0 aromatic rings. The molecular weight excluding hydrogens is 200 g/mol. The molecule has 1 fully saturated rings. The van der Waals surface area contributed by atoms with Gasteiger partial charge < -0.3 is 5.11 Å². The second kappa shape index (κ2) is 4.48. The van der Waals surface area contributed by atoms with E-state index in [0.29, 0.717) is 24.5 Å². The maximum Gasteiger partial charge on any atom is 0.136 e. The minimum Gasteiger partial charge on any atom is -0.390 e. The summed E-state index contributed by atoms with van der Waals surface area (Å²) >= 11 is 0. The van der Waals surface area contributed by atoms with Crippen molar-refractivity contribution in [3.05, 3.63) is 0 Å². The van der Waals surface area contributed by atoms with Gasteiger partial charge in [-0.15, -0.1) is 0 Å². The standard InChI is InChI=1S/C14H26O2/c1-13(2,3)11-6-7-12(15)10(8-11)9-14(4,5)16/h10-11,16H,6-9H2,1-5H3. The molecular formula is C14H26O2. The Morgan fingerprint density at radius 3 is 2.25 bits per heavy atom. The Labute approximate surface area is 99.4 Å². The lowest BCUT2D eigenvalue weighted by atomic mass is 9.67. The molecule has 0 bridgehead atoms. The second-order valence-corrected chi connectivity index (χ2v) is 7.02. The molecule has 2 nitrogen and oxygen atoms in total. The lowest BCUT2D eigenvalue weighted by Crippen LogP contribution is -2.36. The van der Waals surface area contributed by atoms with E-state index in [0.717, 1.165) is 12.8 Å². The molecule has 94 valence electrons. The van der Waals surface area contributed by atoms with Crippen molar-refractivity contribution < 1.29 is 9.90 Å². The summed E-state index contributed by atoms with van der Waals surface area (Å²) in [6.07, 6.45) is 3.28. The van der Waals surface area contributed by atoms with Crippen molar-refractivity contribution in [1.29, 1.82) is 0 Å². The normalized spacial score (nSPS) is 28.2. The summed E-state index contributed by atoms with van der Waals surface area (Å²) in [7, 11) is 0. The van der Waals surface area contributed by atoms with E-state index in [4.69, 9.17) is 0 Å². The van der Waals surface area contributed by atoms with Crippen molar-refractivity contribution in [1.82, 2.24) is 0 Å². The van der Waals surface area contributed by atoms with E-state index in [1.165, 1.54) is 0 Å². The predicted molar refractivity (Wildman–Crippen MR) is 66.2 cm³/mol. The van der Waals surface area contributed by atoms with E-state index in [-0.39, 0.29) is 11.3 Å². The third kappa shape index (κ3) is 3.89. The van der Waals surface area contributed by atoms with E-state index < -0.39 is 5.60 Å². The smallest absolute Gasteiger partial charge is 0.136 e. The van der Waals surface area contributed by atoms with Gasteiger partial charge in [0.25, 0.3) is 0 Å². The highest BCUT2D eigenvalue weighted by atomic mass is 16.3. The first-order valence-electron chi connectivity index (χ1n) is 6.35. The lowest BCUT2D eigenvalue weighted by Gasteiger charge is -2.38. The van der Waals surface area contributed by atoms with Gasteiger partial charge in [0.15, 0.2) is 0 Å². The second-order valence-electron chi connectivity index (χ2n) is 7.02.